The minimum absolute atomic E-state index is 0.557. The molecule has 21 heavy (non-hydrogen) atoms. The third kappa shape index (κ3) is 2.28. The third-order valence-electron chi connectivity index (χ3n) is 4.27. The van der Waals surface area contributed by atoms with Crippen molar-refractivity contribution in [1.82, 2.24) is 24.6 Å². The number of hydrogen-bond acceptors (Lipinski definition) is 4. The smallest absolute Gasteiger partial charge is 0.252 e. The predicted octanol–water partition coefficient (Wildman–Crippen LogP) is 3.23. The van der Waals surface area contributed by atoms with Crippen LogP contribution in [0.1, 0.15) is 43.7 Å². The van der Waals surface area contributed by atoms with Crippen LogP contribution in [0.5, 0.6) is 0 Å². The zero-order valence-corrected chi connectivity index (χ0v) is 11.8. The number of nitrogens with zero attached hydrogens (tertiary/aromatic N) is 5. The summed E-state index contributed by atoms with van der Waals surface area (Å²) < 4.78 is 1.81. The number of hydrogen-bond donors (Lipinski definition) is 0. The van der Waals surface area contributed by atoms with Gasteiger partial charge >= 0.3 is 0 Å². The van der Waals surface area contributed by atoms with Crippen LogP contribution in [0.2, 0.25) is 0 Å². The van der Waals surface area contributed by atoms with Crippen molar-refractivity contribution in [2.45, 2.75) is 38.0 Å². The molecule has 1 fully saturated rings. The third-order valence-corrected chi connectivity index (χ3v) is 4.27. The van der Waals surface area contributed by atoms with Crippen LogP contribution in [0.25, 0.3) is 17.0 Å². The maximum atomic E-state index is 4.72. The summed E-state index contributed by atoms with van der Waals surface area (Å²) in [5, 5.41) is 4.30. The molecule has 1 aliphatic rings. The maximum Gasteiger partial charge on any atom is 0.252 e. The summed E-state index contributed by atoms with van der Waals surface area (Å²) in [7, 11) is 0. The van der Waals surface area contributed by atoms with Crippen molar-refractivity contribution in [1.29, 1.82) is 0 Å². The highest BCUT2D eigenvalue weighted by atomic mass is 15.3. The van der Waals surface area contributed by atoms with Crippen LogP contribution in [-0.2, 0) is 0 Å². The second-order valence-electron chi connectivity index (χ2n) is 5.61. The molecular formula is C16H17N5. The lowest BCUT2D eigenvalue weighted by atomic mass is 9.86. The Kier molecular flexibility index (Phi) is 3.10. The summed E-state index contributed by atoms with van der Waals surface area (Å²) in [6.45, 7) is 0. The van der Waals surface area contributed by atoms with E-state index in [4.69, 9.17) is 4.98 Å². The van der Waals surface area contributed by atoms with E-state index in [9.17, 15) is 0 Å². The monoisotopic (exact) mass is 279 g/mol. The minimum atomic E-state index is 0.557. The van der Waals surface area contributed by atoms with E-state index in [1.165, 1.54) is 32.1 Å². The fraction of sp³-hybridized carbons (Fsp3) is 0.375. The molecule has 0 aromatic carbocycles. The summed E-state index contributed by atoms with van der Waals surface area (Å²) >= 11 is 0. The summed E-state index contributed by atoms with van der Waals surface area (Å²) in [6.07, 6.45) is 11.6. The van der Waals surface area contributed by atoms with Crippen molar-refractivity contribution in [3.63, 3.8) is 0 Å². The highest BCUT2D eigenvalue weighted by molar-refractivity contribution is 5.61. The molecule has 0 spiro atoms. The zero-order valence-electron chi connectivity index (χ0n) is 11.8. The summed E-state index contributed by atoms with van der Waals surface area (Å²) in [5.41, 5.74) is 3.29. The molecule has 0 bridgehead atoms. The normalized spacial score (nSPS) is 16.4. The molecule has 0 atom stereocenters. The quantitative estimate of drug-likeness (QED) is 0.722. The van der Waals surface area contributed by atoms with Gasteiger partial charge in [0.05, 0.1) is 5.69 Å². The standard InChI is InChI=1S/C16H17N5/c1-2-4-12(5-3-1)14-10-15(13-6-8-17-9-7-13)21-16(20-14)18-11-19-21/h6-12H,1-5H2. The van der Waals surface area contributed by atoms with Gasteiger partial charge in [-0.1, -0.05) is 19.3 Å². The molecule has 0 N–H and O–H groups in total. The van der Waals surface area contributed by atoms with E-state index >= 15 is 0 Å². The van der Waals surface area contributed by atoms with Gasteiger partial charge in [-0.15, -0.1) is 0 Å². The molecule has 4 rings (SSSR count). The first-order valence-electron chi connectivity index (χ1n) is 7.53. The van der Waals surface area contributed by atoms with E-state index < -0.39 is 0 Å². The maximum absolute atomic E-state index is 4.72. The lowest BCUT2D eigenvalue weighted by Crippen LogP contribution is -2.09. The number of aromatic nitrogens is 5. The van der Waals surface area contributed by atoms with E-state index in [2.05, 4.69) is 21.1 Å². The largest absolute Gasteiger partial charge is 0.265 e. The average molecular weight is 279 g/mol. The van der Waals surface area contributed by atoms with Gasteiger partial charge in [0.2, 0.25) is 0 Å². The van der Waals surface area contributed by atoms with Crippen LogP contribution in [0, 0.1) is 0 Å². The molecule has 0 unspecified atom stereocenters. The van der Waals surface area contributed by atoms with E-state index in [-0.39, 0.29) is 0 Å². The molecule has 0 radical (unpaired) electrons. The van der Waals surface area contributed by atoms with Crippen LogP contribution < -0.4 is 0 Å². The Bertz CT molecular complexity index is 744. The van der Waals surface area contributed by atoms with Gasteiger partial charge in [-0.3, -0.25) is 4.98 Å². The molecule has 3 heterocycles. The molecule has 0 saturated heterocycles. The Morgan fingerprint density at radius 3 is 2.67 bits per heavy atom. The zero-order chi connectivity index (χ0) is 14.1. The lowest BCUT2D eigenvalue weighted by Gasteiger charge is -2.21. The molecule has 1 aliphatic carbocycles. The Labute approximate surface area is 123 Å². The predicted molar refractivity (Wildman–Crippen MR) is 79.8 cm³/mol. The van der Waals surface area contributed by atoms with Gasteiger partial charge < -0.3 is 0 Å². The topological polar surface area (TPSA) is 56.0 Å². The van der Waals surface area contributed by atoms with Crippen LogP contribution in [-0.4, -0.2) is 24.6 Å². The second kappa shape index (κ2) is 5.24. The molecular weight excluding hydrogens is 262 g/mol. The fourth-order valence-electron chi connectivity index (χ4n) is 3.17. The van der Waals surface area contributed by atoms with E-state index in [0.29, 0.717) is 11.7 Å². The van der Waals surface area contributed by atoms with Gasteiger partial charge in [0.25, 0.3) is 5.78 Å². The minimum Gasteiger partial charge on any atom is -0.265 e. The van der Waals surface area contributed by atoms with Crippen molar-refractivity contribution >= 4 is 5.78 Å². The second-order valence-corrected chi connectivity index (χ2v) is 5.61. The molecule has 5 nitrogen and oxygen atoms in total. The summed E-state index contributed by atoms with van der Waals surface area (Å²) in [5.74, 6) is 1.24. The fourth-order valence-corrected chi connectivity index (χ4v) is 3.17. The van der Waals surface area contributed by atoms with Gasteiger partial charge in [0, 0.05) is 29.6 Å². The summed E-state index contributed by atoms with van der Waals surface area (Å²) in [4.78, 5) is 13.1. The highest BCUT2D eigenvalue weighted by Crippen LogP contribution is 2.33. The van der Waals surface area contributed by atoms with Crippen LogP contribution >= 0.6 is 0 Å². The average Bonchev–Trinajstić information content (AvgIpc) is 3.04. The van der Waals surface area contributed by atoms with Crippen molar-refractivity contribution in [3.05, 3.63) is 42.6 Å². The first-order valence-corrected chi connectivity index (χ1v) is 7.53. The van der Waals surface area contributed by atoms with Gasteiger partial charge in [-0.25, -0.2) is 4.98 Å². The highest BCUT2D eigenvalue weighted by Gasteiger charge is 2.19. The van der Waals surface area contributed by atoms with Gasteiger partial charge in [0.15, 0.2) is 0 Å². The molecule has 5 heteroatoms. The molecule has 3 aromatic heterocycles. The van der Waals surface area contributed by atoms with E-state index in [1.54, 1.807) is 18.7 Å². The van der Waals surface area contributed by atoms with Crippen molar-refractivity contribution < 1.29 is 0 Å². The molecule has 3 aromatic rings. The Hall–Kier alpha value is -2.30. The Balaban J connectivity index is 1.86. The van der Waals surface area contributed by atoms with Gasteiger partial charge in [0.1, 0.15) is 6.33 Å². The SMILES string of the molecule is c1cc(-c2cc(C3CCCCC3)nc3ncnn23)ccn1. The Morgan fingerprint density at radius 2 is 1.86 bits per heavy atom. The van der Waals surface area contributed by atoms with E-state index in [0.717, 1.165) is 17.0 Å². The van der Waals surface area contributed by atoms with Gasteiger partial charge in [-0.2, -0.15) is 14.6 Å². The van der Waals surface area contributed by atoms with Crippen LogP contribution in [0.4, 0.5) is 0 Å². The Morgan fingerprint density at radius 1 is 1.05 bits per heavy atom. The van der Waals surface area contributed by atoms with Crippen LogP contribution in [0.3, 0.4) is 0 Å². The van der Waals surface area contributed by atoms with Crippen molar-refractivity contribution in [2.24, 2.45) is 0 Å². The van der Waals surface area contributed by atoms with Crippen LogP contribution in [0.15, 0.2) is 36.9 Å². The van der Waals surface area contributed by atoms with E-state index in [1.807, 2.05) is 16.6 Å². The number of pyridine rings is 1. The number of rotatable bonds is 2. The summed E-state index contributed by atoms with van der Waals surface area (Å²) in [6, 6.07) is 6.18. The molecule has 0 aliphatic heterocycles. The molecule has 1 saturated carbocycles. The van der Waals surface area contributed by atoms with Crippen molar-refractivity contribution in [2.75, 3.05) is 0 Å². The molecule has 0 amide bonds. The first-order chi connectivity index (χ1) is 10.4. The van der Waals surface area contributed by atoms with Gasteiger partial charge in [-0.05, 0) is 31.0 Å². The van der Waals surface area contributed by atoms with Crippen molar-refractivity contribution in [3.8, 4) is 11.3 Å². The molecule has 106 valence electrons. The number of fused-ring (bicyclic) bond motifs is 1. The lowest BCUT2D eigenvalue weighted by molar-refractivity contribution is 0.437. The first kappa shape index (κ1) is 12.4.